The highest BCUT2D eigenvalue weighted by Gasteiger charge is 2.20. The molecule has 0 aliphatic heterocycles. The van der Waals surface area contributed by atoms with Crippen LogP contribution in [-0.2, 0) is 5.54 Å². The number of hydrogen-bond acceptors (Lipinski definition) is 2. The number of benzene rings is 1. The van der Waals surface area contributed by atoms with Crippen LogP contribution in [0.25, 0.3) is 11.0 Å². The molecule has 84 valence electrons. The highest BCUT2D eigenvalue weighted by Crippen LogP contribution is 2.24. The smallest absolute Gasteiger partial charge is 0.337 e. The zero-order chi connectivity index (χ0) is 11.9. The van der Waals surface area contributed by atoms with Gasteiger partial charge in [-0.15, -0.1) is 0 Å². The second kappa shape index (κ2) is 3.33. The van der Waals surface area contributed by atoms with E-state index in [0.29, 0.717) is 11.1 Å². The van der Waals surface area contributed by atoms with E-state index >= 15 is 0 Å². The third-order valence-electron chi connectivity index (χ3n) is 2.52. The summed E-state index contributed by atoms with van der Waals surface area (Å²) in [5.41, 5.74) is 1.52. The van der Waals surface area contributed by atoms with E-state index in [9.17, 15) is 4.79 Å². The average Bonchev–Trinajstić information content (AvgIpc) is 2.59. The first kappa shape index (κ1) is 10.7. The highest BCUT2D eigenvalue weighted by molar-refractivity contribution is 6.01. The van der Waals surface area contributed by atoms with Crippen LogP contribution in [0.15, 0.2) is 24.5 Å². The van der Waals surface area contributed by atoms with Crippen LogP contribution in [-0.4, -0.2) is 20.6 Å². The maximum Gasteiger partial charge on any atom is 0.337 e. The Kier molecular flexibility index (Phi) is 2.22. The molecule has 0 aliphatic rings. The molecule has 0 amide bonds. The Morgan fingerprint density at radius 3 is 2.62 bits per heavy atom. The summed E-state index contributed by atoms with van der Waals surface area (Å²) < 4.78 is 1.89. The van der Waals surface area contributed by atoms with Gasteiger partial charge in [-0.3, -0.25) is 0 Å². The third-order valence-corrected chi connectivity index (χ3v) is 2.52. The molecule has 4 heteroatoms. The van der Waals surface area contributed by atoms with Gasteiger partial charge in [0.1, 0.15) is 0 Å². The number of nitrogens with zero attached hydrogens (tertiary/aromatic N) is 2. The molecule has 1 heterocycles. The van der Waals surface area contributed by atoms with Crippen molar-refractivity contribution < 1.29 is 9.90 Å². The molecule has 0 unspecified atom stereocenters. The summed E-state index contributed by atoms with van der Waals surface area (Å²) in [4.78, 5) is 15.4. The Balaban J connectivity index is 2.83. The Morgan fingerprint density at radius 1 is 1.38 bits per heavy atom. The Labute approximate surface area is 93.5 Å². The van der Waals surface area contributed by atoms with Crippen LogP contribution in [0.2, 0.25) is 0 Å². The molecule has 2 rings (SSSR count). The summed E-state index contributed by atoms with van der Waals surface area (Å²) in [5, 5.41) is 9.15. The molecule has 16 heavy (non-hydrogen) atoms. The van der Waals surface area contributed by atoms with Gasteiger partial charge >= 0.3 is 5.97 Å². The lowest BCUT2D eigenvalue weighted by molar-refractivity contribution is 0.0698. The molecule has 0 fully saturated rings. The molecule has 0 bridgehead atoms. The van der Waals surface area contributed by atoms with Crippen molar-refractivity contribution in [1.82, 2.24) is 9.55 Å². The van der Waals surface area contributed by atoms with Crippen LogP contribution in [0.3, 0.4) is 0 Å². The second-order valence-electron chi connectivity index (χ2n) is 4.76. The Hall–Kier alpha value is -1.84. The van der Waals surface area contributed by atoms with Gasteiger partial charge < -0.3 is 9.67 Å². The minimum absolute atomic E-state index is 0.180. The minimum atomic E-state index is -0.920. The second-order valence-corrected chi connectivity index (χ2v) is 4.76. The number of aromatic nitrogens is 2. The monoisotopic (exact) mass is 218 g/mol. The maximum absolute atomic E-state index is 11.2. The van der Waals surface area contributed by atoms with E-state index in [-0.39, 0.29) is 5.54 Å². The molecular weight excluding hydrogens is 204 g/mol. The number of hydrogen-bond donors (Lipinski definition) is 1. The average molecular weight is 218 g/mol. The Morgan fingerprint density at radius 2 is 2.06 bits per heavy atom. The fourth-order valence-electron chi connectivity index (χ4n) is 1.75. The van der Waals surface area contributed by atoms with Crippen LogP contribution in [0.4, 0.5) is 0 Å². The van der Waals surface area contributed by atoms with Crippen molar-refractivity contribution in [1.29, 1.82) is 0 Å². The molecule has 2 aromatic rings. The zero-order valence-corrected chi connectivity index (χ0v) is 9.56. The number of carbonyl (C=O) groups is 1. The number of imidazole rings is 1. The van der Waals surface area contributed by atoms with Crippen molar-refractivity contribution in [3.63, 3.8) is 0 Å². The van der Waals surface area contributed by atoms with Gasteiger partial charge in [0.25, 0.3) is 0 Å². The van der Waals surface area contributed by atoms with Gasteiger partial charge in [-0.2, -0.15) is 0 Å². The van der Waals surface area contributed by atoms with Crippen LogP contribution in [0.1, 0.15) is 31.1 Å². The van der Waals surface area contributed by atoms with Gasteiger partial charge in [-0.1, -0.05) is 6.07 Å². The number of aromatic carboxylic acids is 1. The zero-order valence-electron chi connectivity index (χ0n) is 9.56. The predicted octanol–water partition coefficient (Wildman–Crippen LogP) is 2.49. The summed E-state index contributed by atoms with van der Waals surface area (Å²) in [6.45, 7) is 6.06. The van der Waals surface area contributed by atoms with E-state index in [2.05, 4.69) is 4.98 Å². The van der Waals surface area contributed by atoms with E-state index in [1.165, 1.54) is 0 Å². The van der Waals surface area contributed by atoms with E-state index in [1.54, 1.807) is 18.5 Å². The number of carboxylic acids is 1. The maximum atomic E-state index is 11.2. The standard InChI is InChI=1S/C12H14N2O2/c1-12(2,3)14-7-13-9-6-4-5-8(10(9)14)11(15)16/h4-7H,1-3H3,(H,15,16). The fraction of sp³-hybridized carbons (Fsp3) is 0.333. The molecule has 1 aromatic carbocycles. The molecule has 0 aliphatic carbocycles. The van der Waals surface area contributed by atoms with Crippen LogP contribution in [0.5, 0.6) is 0 Å². The lowest BCUT2D eigenvalue weighted by atomic mass is 10.1. The summed E-state index contributed by atoms with van der Waals surface area (Å²) in [7, 11) is 0. The summed E-state index contributed by atoms with van der Waals surface area (Å²) in [6.07, 6.45) is 1.69. The molecule has 1 aromatic heterocycles. The van der Waals surface area contributed by atoms with Gasteiger partial charge in [-0.05, 0) is 32.9 Å². The number of rotatable bonds is 1. The first-order valence-corrected chi connectivity index (χ1v) is 5.11. The summed E-state index contributed by atoms with van der Waals surface area (Å²) in [5.74, 6) is -0.920. The van der Waals surface area contributed by atoms with E-state index in [4.69, 9.17) is 5.11 Å². The van der Waals surface area contributed by atoms with Gasteiger partial charge in [0, 0.05) is 5.54 Å². The van der Waals surface area contributed by atoms with Gasteiger partial charge in [0.15, 0.2) is 0 Å². The van der Waals surface area contributed by atoms with Crippen molar-refractivity contribution in [2.24, 2.45) is 0 Å². The van der Waals surface area contributed by atoms with Crippen molar-refractivity contribution >= 4 is 17.0 Å². The van der Waals surface area contributed by atoms with Crippen LogP contribution in [0, 0.1) is 0 Å². The van der Waals surface area contributed by atoms with Crippen molar-refractivity contribution in [2.45, 2.75) is 26.3 Å². The third kappa shape index (κ3) is 1.56. The first-order valence-electron chi connectivity index (χ1n) is 5.11. The van der Waals surface area contributed by atoms with Crippen molar-refractivity contribution in [3.05, 3.63) is 30.1 Å². The van der Waals surface area contributed by atoms with E-state index < -0.39 is 5.97 Å². The van der Waals surface area contributed by atoms with Gasteiger partial charge in [-0.25, -0.2) is 9.78 Å². The lowest BCUT2D eigenvalue weighted by Gasteiger charge is -2.22. The molecule has 0 saturated heterocycles. The summed E-state index contributed by atoms with van der Waals surface area (Å²) in [6, 6.07) is 5.14. The van der Waals surface area contributed by atoms with Gasteiger partial charge in [0.05, 0.1) is 22.9 Å². The SMILES string of the molecule is CC(C)(C)n1cnc2cccc(C(=O)O)c21. The fourth-order valence-corrected chi connectivity index (χ4v) is 1.75. The van der Waals surface area contributed by atoms with Crippen molar-refractivity contribution in [3.8, 4) is 0 Å². The highest BCUT2D eigenvalue weighted by atomic mass is 16.4. The first-order chi connectivity index (χ1) is 7.41. The number of fused-ring (bicyclic) bond motifs is 1. The molecular formula is C12H14N2O2. The molecule has 4 nitrogen and oxygen atoms in total. The molecule has 0 saturated carbocycles. The normalized spacial score (nSPS) is 11.9. The quantitative estimate of drug-likeness (QED) is 0.800. The minimum Gasteiger partial charge on any atom is -0.478 e. The molecule has 1 N–H and O–H groups in total. The molecule has 0 radical (unpaired) electrons. The molecule has 0 atom stereocenters. The Bertz CT molecular complexity index is 550. The van der Waals surface area contributed by atoms with E-state index in [0.717, 1.165) is 5.52 Å². The molecule has 0 spiro atoms. The van der Waals surface area contributed by atoms with E-state index in [1.807, 2.05) is 31.4 Å². The number of para-hydroxylation sites is 1. The topological polar surface area (TPSA) is 55.1 Å². The van der Waals surface area contributed by atoms with Crippen LogP contribution >= 0.6 is 0 Å². The van der Waals surface area contributed by atoms with Gasteiger partial charge in [0.2, 0.25) is 0 Å². The lowest BCUT2D eigenvalue weighted by Crippen LogP contribution is -2.21. The predicted molar refractivity (Wildman–Crippen MR) is 61.7 cm³/mol. The summed E-state index contributed by atoms with van der Waals surface area (Å²) >= 11 is 0. The largest absolute Gasteiger partial charge is 0.478 e. The number of carboxylic acid groups (broad SMARTS) is 1. The van der Waals surface area contributed by atoms with Crippen molar-refractivity contribution in [2.75, 3.05) is 0 Å². The van der Waals surface area contributed by atoms with Crippen LogP contribution < -0.4 is 0 Å².